The van der Waals surface area contributed by atoms with Gasteiger partial charge in [-0.15, -0.1) is 0 Å². The predicted octanol–water partition coefficient (Wildman–Crippen LogP) is 4.75. The third-order valence-corrected chi connectivity index (χ3v) is 5.50. The van der Waals surface area contributed by atoms with Crippen LogP contribution >= 0.6 is 11.6 Å². The Morgan fingerprint density at radius 1 is 1.39 bits per heavy atom. The smallest absolute Gasteiger partial charge is 0.338 e. The fourth-order valence-corrected chi connectivity index (χ4v) is 2.68. The molecule has 0 saturated carbocycles. The maximum Gasteiger partial charge on any atom is 0.338 e. The lowest BCUT2D eigenvalue weighted by Gasteiger charge is -2.16. The number of esters is 1. The highest BCUT2D eigenvalue weighted by Gasteiger charge is 2.17. The van der Waals surface area contributed by atoms with E-state index in [0.717, 1.165) is 18.2 Å². The molecule has 0 radical (unpaired) electrons. The molecule has 1 aromatic carbocycles. The van der Waals surface area contributed by atoms with Crippen molar-refractivity contribution in [3.05, 3.63) is 28.3 Å². The standard InChI is InChI=1S/C17H27ClN2O2Si/c1-7-20(3)12-19-16-10-13(2)14(11-15(16)18)17(21)22-8-9-23(4,5)6/h10-12H,7-9H2,1-6H3/b19-12+. The van der Waals surface area contributed by atoms with Crippen molar-refractivity contribution in [2.24, 2.45) is 4.99 Å². The van der Waals surface area contributed by atoms with Gasteiger partial charge in [0.1, 0.15) is 0 Å². The van der Waals surface area contributed by atoms with Gasteiger partial charge in [-0.2, -0.15) is 0 Å². The van der Waals surface area contributed by atoms with Gasteiger partial charge in [-0.25, -0.2) is 9.79 Å². The summed E-state index contributed by atoms with van der Waals surface area (Å²) in [6, 6.07) is 4.42. The zero-order chi connectivity index (χ0) is 17.6. The Morgan fingerprint density at radius 3 is 2.61 bits per heavy atom. The number of halogens is 1. The molecule has 0 saturated heterocycles. The van der Waals surface area contributed by atoms with Gasteiger partial charge in [0.25, 0.3) is 0 Å². The molecule has 6 heteroatoms. The van der Waals surface area contributed by atoms with Gasteiger partial charge in [-0.1, -0.05) is 31.2 Å². The molecule has 0 bridgehead atoms. The Hall–Kier alpha value is -1.33. The third kappa shape index (κ3) is 6.75. The number of rotatable bonds is 7. The van der Waals surface area contributed by atoms with E-state index in [1.807, 2.05) is 31.9 Å². The number of nitrogens with zero attached hydrogens (tertiary/aromatic N) is 2. The molecule has 4 nitrogen and oxygen atoms in total. The molecule has 0 spiro atoms. The second kappa shape index (κ2) is 8.50. The summed E-state index contributed by atoms with van der Waals surface area (Å²) in [7, 11) is 0.728. The Balaban J connectivity index is 2.83. The predicted molar refractivity (Wildman–Crippen MR) is 101 cm³/mol. The van der Waals surface area contributed by atoms with Gasteiger partial charge < -0.3 is 9.64 Å². The Labute approximate surface area is 145 Å². The van der Waals surface area contributed by atoms with E-state index < -0.39 is 8.07 Å². The molecule has 0 aliphatic heterocycles. The molecule has 0 amide bonds. The zero-order valence-corrected chi connectivity index (χ0v) is 16.7. The molecule has 0 aliphatic carbocycles. The minimum absolute atomic E-state index is 0.316. The summed E-state index contributed by atoms with van der Waals surface area (Å²) < 4.78 is 5.39. The van der Waals surface area contributed by atoms with Gasteiger partial charge in [-0.3, -0.25) is 0 Å². The minimum atomic E-state index is -1.21. The highest BCUT2D eigenvalue weighted by molar-refractivity contribution is 6.76. The van der Waals surface area contributed by atoms with E-state index in [1.54, 1.807) is 12.4 Å². The molecule has 0 atom stereocenters. The molecule has 0 N–H and O–H groups in total. The Bertz CT molecular complexity index is 583. The lowest BCUT2D eigenvalue weighted by Crippen LogP contribution is -2.22. The van der Waals surface area contributed by atoms with Crippen LogP contribution in [0.15, 0.2) is 17.1 Å². The average molecular weight is 355 g/mol. The van der Waals surface area contributed by atoms with E-state index >= 15 is 0 Å². The van der Waals surface area contributed by atoms with Crippen molar-refractivity contribution in [2.75, 3.05) is 20.2 Å². The van der Waals surface area contributed by atoms with Gasteiger partial charge in [-0.05, 0) is 37.6 Å². The van der Waals surface area contributed by atoms with Crippen LogP contribution < -0.4 is 0 Å². The maximum absolute atomic E-state index is 12.2. The van der Waals surface area contributed by atoms with Crippen molar-refractivity contribution in [3.63, 3.8) is 0 Å². The molecule has 23 heavy (non-hydrogen) atoms. The van der Waals surface area contributed by atoms with Crippen molar-refractivity contribution in [1.29, 1.82) is 0 Å². The van der Waals surface area contributed by atoms with Crippen LogP contribution in [-0.2, 0) is 4.74 Å². The molecule has 128 valence electrons. The molecule has 1 aromatic rings. The number of aliphatic imine (C=N–C) groups is 1. The molecule has 0 aromatic heterocycles. The molecule has 0 aliphatic rings. The monoisotopic (exact) mass is 354 g/mol. The van der Waals surface area contributed by atoms with Crippen molar-refractivity contribution in [1.82, 2.24) is 4.90 Å². The Kier molecular flexibility index (Phi) is 7.29. The summed E-state index contributed by atoms with van der Waals surface area (Å²) in [6.07, 6.45) is 1.73. The van der Waals surface area contributed by atoms with Crippen molar-refractivity contribution >= 4 is 37.7 Å². The number of carbonyl (C=O) groups excluding carboxylic acids is 1. The highest BCUT2D eigenvalue weighted by atomic mass is 35.5. The van der Waals surface area contributed by atoms with E-state index in [1.165, 1.54) is 0 Å². The average Bonchev–Trinajstić information content (AvgIpc) is 2.45. The summed E-state index contributed by atoms with van der Waals surface area (Å²) in [4.78, 5) is 18.5. The first-order chi connectivity index (χ1) is 10.6. The van der Waals surface area contributed by atoms with Crippen LogP contribution in [-0.4, -0.2) is 45.5 Å². The first-order valence-electron chi connectivity index (χ1n) is 7.85. The number of benzene rings is 1. The van der Waals surface area contributed by atoms with Crippen molar-refractivity contribution in [3.8, 4) is 0 Å². The second-order valence-corrected chi connectivity index (χ2v) is 12.9. The Morgan fingerprint density at radius 2 is 2.04 bits per heavy atom. The maximum atomic E-state index is 12.2. The SMILES string of the molecule is CCN(C)/C=N/c1cc(C)c(C(=O)OCC[Si](C)(C)C)cc1Cl. The number of aryl methyl sites for hydroxylation is 1. The van der Waals surface area contributed by atoms with Crippen molar-refractivity contribution < 1.29 is 9.53 Å². The lowest BCUT2D eigenvalue weighted by molar-refractivity contribution is 0.0524. The summed E-state index contributed by atoms with van der Waals surface area (Å²) in [5, 5.41) is 0.452. The van der Waals surface area contributed by atoms with E-state index in [2.05, 4.69) is 24.6 Å². The van der Waals surface area contributed by atoms with Crippen LogP contribution in [0.2, 0.25) is 30.7 Å². The van der Waals surface area contributed by atoms with Crippen LogP contribution in [0, 0.1) is 6.92 Å². The second-order valence-electron chi connectivity index (χ2n) is 6.88. The van der Waals surface area contributed by atoms with Crippen LogP contribution in [0.1, 0.15) is 22.8 Å². The first-order valence-corrected chi connectivity index (χ1v) is 11.9. The summed E-state index contributed by atoms with van der Waals surface area (Å²) in [5.74, 6) is -0.316. The number of ether oxygens (including phenoxy) is 1. The summed E-state index contributed by atoms with van der Waals surface area (Å²) in [5.41, 5.74) is 1.98. The fraction of sp³-hybridized carbons (Fsp3) is 0.529. The van der Waals surface area contributed by atoms with Gasteiger partial charge in [0.05, 0.1) is 29.2 Å². The zero-order valence-electron chi connectivity index (χ0n) is 14.9. The van der Waals surface area contributed by atoms with Gasteiger partial charge >= 0.3 is 5.97 Å². The van der Waals surface area contributed by atoms with Crippen molar-refractivity contribution in [2.45, 2.75) is 39.5 Å². The topological polar surface area (TPSA) is 41.9 Å². The molecule has 1 rings (SSSR count). The van der Waals surface area contributed by atoms with E-state index in [4.69, 9.17) is 16.3 Å². The number of hydrogen-bond donors (Lipinski definition) is 0. The van der Waals surface area contributed by atoms with Crippen LogP contribution in [0.3, 0.4) is 0 Å². The quantitative estimate of drug-likeness (QED) is 0.307. The van der Waals surface area contributed by atoms with E-state index in [9.17, 15) is 4.79 Å². The molecular weight excluding hydrogens is 328 g/mol. The largest absolute Gasteiger partial charge is 0.462 e. The summed E-state index contributed by atoms with van der Waals surface area (Å²) in [6.45, 7) is 12.0. The molecule has 0 unspecified atom stereocenters. The van der Waals surface area contributed by atoms with Crippen LogP contribution in [0.4, 0.5) is 5.69 Å². The van der Waals surface area contributed by atoms with Gasteiger partial charge in [0.2, 0.25) is 0 Å². The minimum Gasteiger partial charge on any atom is -0.462 e. The van der Waals surface area contributed by atoms with E-state index in [-0.39, 0.29) is 5.97 Å². The third-order valence-electron chi connectivity index (χ3n) is 3.49. The fourth-order valence-electron chi connectivity index (χ4n) is 1.76. The van der Waals surface area contributed by atoms with Gasteiger partial charge in [0.15, 0.2) is 0 Å². The lowest BCUT2D eigenvalue weighted by atomic mass is 10.1. The summed E-state index contributed by atoms with van der Waals surface area (Å²) >= 11 is 6.25. The van der Waals surface area contributed by atoms with Gasteiger partial charge in [0, 0.05) is 21.7 Å². The molecule has 0 heterocycles. The highest BCUT2D eigenvalue weighted by Crippen LogP contribution is 2.28. The number of carbonyl (C=O) groups is 1. The molecule has 0 fully saturated rings. The first kappa shape index (κ1) is 19.7. The molecular formula is C17H27ClN2O2Si. The normalized spacial score (nSPS) is 11.8. The number of hydrogen-bond acceptors (Lipinski definition) is 3. The van der Waals surface area contributed by atoms with Crippen LogP contribution in [0.25, 0.3) is 0 Å². The van der Waals surface area contributed by atoms with E-state index in [0.29, 0.717) is 22.9 Å². The van der Waals surface area contributed by atoms with Crippen LogP contribution in [0.5, 0.6) is 0 Å².